The predicted molar refractivity (Wildman–Crippen MR) is 193 cm³/mol. The van der Waals surface area contributed by atoms with Crippen LogP contribution in [0.5, 0.6) is 0 Å². The largest absolute Gasteiger partial charge is 0.481 e. The van der Waals surface area contributed by atoms with Crippen molar-refractivity contribution in [2.75, 3.05) is 6.61 Å². The van der Waals surface area contributed by atoms with Crippen LogP contribution in [0.4, 0.5) is 4.79 Å². The standard InChI is InChI=1S/C39H57BN2O7/c1-11-33(40-48-38(8,9)39(10,49-40)21-20-26(4)23-34(43)47-37(5,6)7)42-35(44)32(22-25(2)3)41-36(45)46-24-31-29-18-14-12-16-27(29)28-17-13-15-19-30(28)31/h12-19,25-26,31-33H,11,20-24H2,1-10H3,(H,41,45)(H,42,44)/t26?,32-,33?,39?/m0/s1. The van der Waals surface area contributed by atoms with Crippen molar-refractivity contribution >= 4 is 25.1 Å². The molecule has 0 aromatic heterocycles. The molecule has 0 saturated carbocycles. The zero-order valence-electron chi connectivity index (χ0n) is 31.2. The van der Waals surface area contributed by atoms with Crippen LogP contribution in [-0.2, 0) is 28.4 Å². The molecule has 3 unspecified atom stereocenters. The lowest BCUT2D eigenvalue weighted by molar-refractivity contribution is -0.156. The topological polar surface area (TPSA) is 112 Å². The van der Waals surface area contributed by atoms with E-state index < -0.39 is 42.0 Å². The van der Waals surface area contributed by atoms with E-state index >= 15 is 0 Å². The Kier molecular flexibility index (Phi) is 12.3. The van der Waals surface area contributed by atoms with Gasteiger partial charge in [-0.15, -0.1) is 0 Å². The van der Waals surface area contributed by atoms with Crippen LogP contribution in [0.2, 0.25) is 0 Å². The minimum Gasteiger partial charge on any atom is -0.460 e. The average Bonchev–Trinajstić information content (AvgIpc) is 3.45. The number of amides is 2. The molecule has 1 aliphatic heterocycles. The van der Waals surface area contributed by atoms with Crippen molar-refractivity contribution in [1.29, 1.82) is 0 Å². The van der Waals surface area contributed by atoms with Gasteiger partial charge in [-0.25, -0.2) is 4.79 Å². The van der Waals surface area contributed by atoms with Crippen LogP contribution in [0.15, 0.2) is 48.5 Å². The van der Waals surface area contributed by atoms with Crippen molar-refractivity contribution in [2.45, 2.75) is 136 Å². The lowest BCUT2D eigenvalue weighted by Crippen LogP contribution is -2.54. The van der Waals surface area contributed by atoms with E-state index in [4.69, 9.17) is 18.8 Å². The first-order valence-electron chi connectivity index (χ1n) is 17.9. The summed E-state index contributed by atoms with van der Waals surface area (Å²) in [5.74, 6) is -0.775. The average molecular weight is 677 g/mol. The number of nitrogens with one attached hydrogen (secondary N) is 2. The third-order valence-corrected chi connectivity index (χ3v) is 9.87. The normalized spacial score (nSPS) is 20.3. The number of rotatable bonds is 14. The van der Waals surface area contributed by atoms with Crippen LogP contribution in [-0.4, -0.2) is 60.5 Å². The lowest BCUT2D eigenvalue weighted by atomic mass is 9.76. The van der Waals surface area contributed by atoms with Crippen molar-refractivity contribution in [2.24, 2.45) is 11.8 Å². The van der Waals surface area contributed by atoms with Gasteiger partial charge < -0.3 is 29.4 Å². The van der Waals surface area contributed by atoms with Gasteiger partial charge in [0.15, 0.2) is 0 Å². The quantitative estimate of drug-likeness (QED) is 0.157. The number of carbonyl (C=O) groups excluding carboxylic acids is 3. The van der Waals surface area contributed by atoms with Gasteiger partial charge >= 0.3 is 19.2 Å². The maximum Gasteiger partial charge on any atom is 0.481 e. The molecule has 0 bridgehead atoms. The number of ether oxygens (including phenoxy) is 2. The Morgan fingerprint density at radius 1 is 0.918 bits per heavy atom. The summed E-state index contributed by atoms with van der Waals surface area (Å²) in [5.41, 5.74) is 2.76. The summed E-state index contributed by atoms with van der Waals surface area (Å²) < 4.78 is 24.3. The van der Waals surface area contributed by atoms with Gasteiger partial charge in [-0.1, -0.05) is 76.2 Å². The van der Waals surface area contributed by atoms with Gasteiger partial charge in [0, 0.05) is 12.3 Å². The van der Waals surface area contributed by atoms with E-state index in [2.05, 4.69) is 34.9 Å². The number of carbonyl (C=O) groups is 3. The second-order valence-corrected chi connectivity index (χ2v) is 16.0. The summed E-state index contributed by atoms with van der Waals surface area (Å²) in [6.07, 6.45) is 2.13. The van der Waals surface area contributed by atoms with Gasteiger partial charge in [0.1, 0.15) is 18.2 Å². The third-order valence-electron chi connectivity index (χ3n) is 9.87. The first-order valence-corrected chi connectivity index (χ1v) is 17.9. The third kappa shape index (κ3) is 9.66. The minimum absolute atomic E-state index is 0.0744. The molecule has 10 heteroatoms. The highest BCUT2D eigenvalue weighted by molar-refractivity contribution is 6.48. The molecule has 2 aliphatic rings. The first kappa shape index (κ1) is 38.4. The molecule has 2 aromatic rings. The van der Waals surface area contributed by atoms with Gasteiger partial charge in [-0.3, -0.25) is 9.59 Å². The molecule has 1 heterocycles. The maximum absolute atomic E-state index is 13.7. The number of alkyl carbamates (subject to hydrolysis) is 1. The summed E-state index contributed by atoms with van der Waals surface area (Å²) >= 11 is 0. The molecule has 268 valence electrons. The van der Waals surface area contributed by atoms with Crippen LogP contribution in [0.25, 0.3) is 11.1 Å². The van der Waals surface area contributed by atoms with E-state index in [0.717, 1.165) is 28.7 Å². The molecule has 9 nitrogen and oxygen atoms in total. The molecular formula is C39H57BN2O7. The van der Waals surface area contributed by atoms with Gasteiger partial charge in [-0.05, 0) is 101 Å². The van der Waals surface area contributed by atoms with Crippen LogP contribution in [0.1, 0.15) is 118 Å². The minimum atomic E-state index is -0.792. The molecule has 0 radical (unpaired) electrons. The van der Waals surface area contributed by atoms with Gasteiger partial charge in [-0.2, -0.15) is 0 Å². The summed E-state index contributed by atoms with van der Waals surface area (Å²) in [4.78, 5) is 39.3. The maximum atomic E-state index is 13.7. The Morgan fingerprint density at radius 3 is 2.06 bits per heavy atom. The Balaban J connectivity index is 1.35. The lowest BCUT2D eigenvalue weighted by Gasteiger charge is -2.37. The second-order valence-electron chi connectivity index (χ2n) is 16.0. The molecule has 4 atom stereocenters. The fourth-order valence-corrected chi connectivity index (χ4v) is 6.78. The number of esters is 1. The van der Waals surface area contributed by atoms with Gasteiger partial charge in [0.05, 0.1) is 17.1 Å². The fraction of sp³-hybridized carbons (Fsp3) is 0.615. The first-order chi connectivity index (χ1) is 22.9. The van der Waals surface area contributed by atoms with Crippen LogP contribution < -0.4 is 10.6 Å². The summed E-state index contributed by atoms with van der Waals surface area (Å²) in [6, 6.07) is 15.6. The molecule has 0 spiro atoms. The van der Waals surface area contributed by atoms with E-state index in [9.17, 15) is 14.4 Å². The Morgan fingerprint density at radius 2 is 1.51 bits per heavy atom. The number of fused-ring (bicyclic) bond motifs is 3. The van der Waals surface area contributed by atoms with Crippen molar-refractivity contribution in [3.8, 4) is 11.1 Å². The zero-order valence-corrected chi connectivity index (χ0v) is 31.2. The molecule has 1 fully saturated rings. The Labute approximate surface area is 293 Å². The Bertz CT molecular complexity index is 1430. The fourth-order valence-electron chi connectivity index (χ4n) is 6.78. The summed E-state index contributed by atoms with van der Waals surface area (Å²) in [5, 5.41) is 5.95. The SMILES string of the molecule is CCC(NC(=O)[C@H](CC(C)C)NC(=O)OCC1c2ccccc2-c2ccccc21)B1OC(C)(C)C(C)(CCC(C)CC(=O)OC(C)(C)C)O1. The van der Waals surface area contributed by atoms with Gasteiger partial charge in [0.25, 0.3) is 0 Å². The molecule has 1 aliphatic carbocycles. The number of hydrogen-bond acceptors (Lipinski definition) is 7. The molecule has 4 rings (SSSR count). The van der Waals surface area contributed by atoms with Crippen molar-refractivity contribution < 1.29 is 33.2 Å². The van der Waals surface area contributed by atoms with Crippen LogP contribution >= 0.6 is 0 Å². The van der Waals surface area contributed by atoms with Crippen molar-refractivity contribution in [3.63, 3.8) is 0 Å². The van der Waals surface area contributed by atoms with Crippen molar-refractivity contribution in [3.05, 3.63) is 59.7 Å². The molecule has 2 aromatic carbocycles. The highest BCUT2D eigenvalue weighted by Gasteiger charge is 2.56. The zero-order chi connectivity index (χ0) is 36.1. The van der Waals surface area contributed by atoms with E-state index in [1.807, 2.05) is 93.5 Å². The van der Waals surface area contributed by atoms with E-state index in [1.54, 1.807) is 0 Å². The molecule has 1 saturated heterocycles. The smallest absolute Gasteiger partial charge is 0.460 e. The molecule has 49 heavy (non-hydrogen) atoms. The van der Waals surface area contributed by atoms with Crippen LogP contribution in [0.3, 0.4) is 0 Å². The molecule has 2 N–H and O–H groups in total. The van der Waals surface area contributed by atoms with E-state index in [-0.39, 0.29) is 36.2 Å². The highest BCUT2D eigenvalue weighted by Crippen LogP contribution is 2.45. The number of benzene rings is 2. The number of hydrogen-bond donors (Lipinski definition) is 2. The van der Waals surface area contributed by atoms with Crippen molar-refractivity contribution in [1.82, 2.24) is 10.6 Å². The predicted octanol–water partition coefficient (Wildman–Crippen LogP) is 7.59. The Hall–Kier alpha value is -3.37. The molecular weight excluding hydrogens is 619 g/mol. The van der Waals surface area contributed by atoms with E-state index in [1.165, 1.54) is 0 Å². The highest BCUT2D eigenvalue weighted by atomic mass is 16.7. The molecule has 2 amide bonds. The summed E-state index contributed by atoms with van der Waals surface area (Å²) in [6.45, 7) is 19.8. The van der Waals surface area contributed by atoms with Crippen LogP contribution in [0, 0.1) is 11.8 Å². The van der Waals surface area contributed by atoms with Gasteiger partial charge in [0.2, 0.25) is 5.91 Å². The summed E-state index contributed by atoms with van der Waals surface area (Å²) in [7, 11) is -0.677. The monoisotopic (exact) mass is 676 g/mol. The second kappa shape index (κ2) is 15.7. The van der Waals surface area contributed by atoms with E-state index in [0.29, 0.717) is 25.7 Å².